The summed E-state index contributed by atoms with van der Waals surface area (Å²) in [7, 11) is 0. The Morgan fingerprint density at radius 3 is 2.47 bits per heavy atom. The van der Waals surface area contributed by atoms with Crippen molar-refractivity contribution in [3.8, 4) is 11.5 Å². The van der Waals surface area contributed by atoms with Crippen molar-refractivity contribution in [3.63, 3.8) is 0 Å². The molecule has 2 rings (SSSR count). The molecule has 0 spiro atoms. The zero-order valence-electron chi connectivity index (χ0n) is 8.84. The first-order valence-corrected chi connectivity index (χ1v) is 4.97. The molecule has 4 heteroatoms. The minimum atomic E-state index is -0.512. The molecule has 0 amide bonds. The average Bonchev–Trinajstić information content (AvgIpc) is 2.30. The molecule has 0 fully saturated rings. The van der Waals surface area contributed by atoms with E-state index in [1.807, 2.05) is 0 Å². The summed E-state index contributed by atoms with van der Waals surface area (Å²) < 4.78 is 12.7. The second-order valence-corrected chi connectivity index (χ2v) is 3.45. The molecule has 0 saturated carbocycles. The Balaban J connectivity index is 2.29. The molecule has 3 nitrogen and oxygen atoms in total. The van der Waals surface area contributed by atoms with Gasteiger partial charge in [0.05, 0.1) is 0 Å². The van der Waals surface area contributed by atoms with Crippen molar-refractivity contribution >= 4 is 11.9 Å². The quantitative estimate of drug-likeness (QED) is 0.780. The Hall–Kier alpha value is -2.36. The number of benzene rings is 2. The number of halogens is 1. The number of rotatable bonds is 2. The molecule has 86 valence electrons. The normalized spacial score (nSPS) is 10.9. The summed E-state index contributed by atoms with van der Waals surface area (Å²) in [4.78, 5) is 4.01. The molecule has 2 N–H and O–H groups in total. The lowest BCUT2D eigenvalue weighted by Crippen LogP contribution is -1.83. The fourth-order valence-electron chi connectivity index (χ4n) is 1.34. The number of aromatic hydroxyl groups is 2. The van der Waals surface area contributed by atoms with Gasteiger partial charge in [-0.3, -0.25) is 4.99 Å². The van der Waals surface area contributed by atoms with Crippen molar-refractivity contribution in [1.82, 2.24) is 0 Å². The minimum absolute atomic E-state index is 0.0466. The van der Waals surface area contributed by atoms with Gasteiger partial charge in [0.15, 0.2) is 0 Å². The van der Waals surface area contributed by atoms with E-state index in [2.05, 4.69) is 4.99 Å². The molecule has 0 bridgehead atoms. The molecular formula is C13H10FNO2. The molecule has 17 heavy (non-hydrogen) atoms. The summed E-state index contributed by atoms with van der Waals surface area (Å²) >= 11 is 0. The summed E-state index contributed by atoms with van der Waals surface area (Å²) in [5, 5.41) is 18.9. The van der Waals surface area contributed by atoms with Crippen LogP contribution in [0, 0.1) is 5.82 Å². The lowest BCUT2D eigenvalue weighted by molar-refractivity contribution is 0.468. The monoisotopic (exact) mass is 231 g/mol. The second-order valence-electron chi connectivity index (χ2n) is 3.45. The molecule has 0 unspecified atom stereocenters. The Morgan fingerprint density at radius 1 is 1.00 bits per heavy atom. The van der Waals surface area contributed by atoms with E-state index in [4.69, 9.17) is 0 Å². The third-order valence-electron chi connectivity index (χ3n) is 2.22. The minimum Gasteiger partial charge on any atom is -0.507 e. The lowest BCUT2D eigenvalue weighted by atomic mass is 10.2. The highest BCUT2D eigenvalue weighted by molar-refractivity contribution is 5.85. The Morgan fingerprint density at radius 2 is 1.76 bits per heavy atom. The summed E-state index contributed by atoms with van der Waals surface area (Å²) in [5.41, 5.74) is 0.769. The highest BCUT2D eigenvalue weighted by Gasteiger charge is 2.00. The van der Waals surface area contributed by atoms with E-state index in [0.29, 0.717) is 11.3 Å². The summed E-state index contributed by atoms with van der Waals surface area (Å²) in [6.07, 6.45) is 1.36. The fraction of sp³-hybridized carbons (Fsp3) is 0. The van der Waals surface area contributed by atoms with Gasteiger partial charge in [0.25, 0.3) is 0 Å². The molecule has 2 aromatic rings. The van der Waals surface area contributed by atoms with Crippen LogP contribution in [0.5, 0.6) is 11.5 Å². The van der Waals surface area contributed by atoms with Gasteiger partial charge in [0, 0.05) is 17.8 Å². The first-order chi connectivity index (χ1) is 8.16. The zero-order chi connectivity index (χ0) is 12.3. The third kappa shape index (κ3) is 2.60. The Kier molecular flexibility index (Phi) is 3.05. The number of nitrogens with zero attached hydrogens (tertiary/aromatic N) is 1. The van der Waals surface area contributed by atoms with Crippen molar-refractivity contribution in [3.05, 3.63) is 53.8 Å². The van der Waals surface area contributed by atoms with Gasteiger partial charge in [-0.2, -0.15) is 0 Å². The van der Waals surface area contributed by atoms with Crippen molar-refractivity contribution in [2.45, 2.75) is 0 Å². The van der Waals surface area contributed by atoms with Crippen LogP contribution in [0.3, 0.4) is 0 Å². The van der Waals surface area contributed by atoms with Crippen LogP contribution in [0.15, 0.2) is 47.5 Å². The van der Waals surface area contributed by atoms with Crippen molar-refractivity contribution < 1.29 is 14.6 Å². The SMILES string of the molecule is Oc1cc(F)ccc1C=Nc1ccccc1O. The van der Waals surface area contributed by atoms with Crippen LogP contribution in [0.2, 0.25) is 0 Å². The molecule has 0 aromatic heterocycles. The molecule has 0 aliphatic carbocycles. The Labute approximate surface area is 97.5 Å². The maximum absolute atomic E-state index is 12.7. The lowest BCUT2D eigenvalue weighted by Gasteiger charge is -1.99. The van der Waals surface area contributed by atoms with Gasteiger partial charge < -0.3 is 10.2 Å². The zero-order valence-corrected chi connectivity index (χ0v) is 8.84. The first-order valence-electron chi connectivity index (χ1n) is 4.97. The van der Waals surface area contributed by atoms with Crippen LogP contribution in [0.1, 0.15) is 5.56 Å². The van der Waals surface area contributed by atoms with Crippen LogP contribution in [-0.4, -0.2) is 16.4 Å². The highest BCUT2D eigenvalue weighted by Crippen LogP contribution is 2.25. The predicted molar refractivity (Wildman–Crippen MR) is 63.4 cm³/mol. The van der Waals surface area contributed by atoms with Gasteiger partial charge in [-0.05, 0) is 24.3 Å². The molecule has 0 aliphatic heterocycles. The highest BCUT2D eigenvalue weighted by atomic mass is 19.1. The Bertz CT molecular complexity index is 567. The topological polar surface area (TPSA) is 52.8 Å². The number of para-hydroxylation sites is 2. The average molecular weight is 231 g/mol. The predicted octanol–water partition coefficient (Wildman–Crippen LogP) is 2.99. The maximum Gasteiger partial charge on any atom is 0.141 e. The molecule has 0 heterocycles. The molecule has 2 aromatic carbocycles. The van der Waals surface area contributed by atoms with Gasteiger partial charge in [-0.1, -0.05) is 12.1 Å². The number of phenolic OH excluding ortho intramolecular Hbond substituents is 2. The van der Waals surface area contributed by atoms with E-state index in [1.54, 1.807) is 18.2 Å². The standard InChI is InChI=1S/C13H10FNO2/c14-10-6-5-9(13(17)7-10)8-15-11-3-1-2-4-12(11)16/h1-8,16-17H. The first kappa shape index (κ1) is 11.1. The summed E-state index contributed by atoms with van der Waals surface area (Å²) in [5.74, 6) is -0.656. The van der Waals surface area contributed by atoms with Crippen LogP contribution in [-0.2, 0) is 0 Å². The van der Waals surface area contributed by atoms with Gasteiger partial charge in [-0.15, -0.1) is 0 Å². The molecule has 0 atom stereocenters. The van der Waals surface area contributed by atoms with Crippen LogP contribution >= 0.6 is 0 Å². The molecular weight excluding hydrogens is 221 g/mol. The van der Waals surface area contributed by atoms with Crippen molar-refractivity contribution in [2.75, 3.05) is 0 Å². The van der Waals surface area contributed by atoms with Gasteiger partial charge >= 0.3 is 0 Å². The largest absolute Gasteiger partial charge is 0.507 e. The van der Waals surface area contributed by atoms with E-state index >= 15 is 0 Å². The number of hydrogen-bond donors (Lipinski definition) is 2. The van der Waals surface area contributed by atoms with Gasteiger partial charge in [0.1, 0.15) is 23.0 Å². The van der Waals surface area contributed by atoms with Crippen molar-refractivity contribution in [2.24, 2.45) is 4.99 Å². The van der Waals surface area contributed by atoms with Crippen molar-refractivity contribution in [1.29, 1.82) is 0 Å². The maximum atomic E-state index is 12.7. The van der Waals surface area contributed by atoms with E-state index in [9.17, 15) is 14.6 Å². The van der Waals surface area contributed by atoms with E-state index < -0.39 is 5.82 Å². The van der Waals surface area contributed by atoms with Crippen LogP contribution in [0.4, 0.5) is 10.1 Å². The molecule has 0 radical (unpaired) electrons. The summed E-state index contributed by atoms with van der Waals surface area (Å²) in [6, 6.07) is 10.2. The van der Waals surface area contributed by atoms with Gasteiger partial charge in [-0.25, -0.2) is 4.39 Å². The molecule has 0 saturated heterocycles. The van der Waals surface area contributed by atoms with Crippen LogP contribution < -0.4 is 0 Å². The second kappa shape index (κ2) is 4.65. The number of aliphatic imine (C=N–C) groups is 1. The number of phenols is 2. The third-order valence-corrected chi connectivity index (χ3v) is 2.22. The van der Waals surface area contributed by atoms with E-state index in [-0.39, 0.29) is 11.5 Å². The smallest absolute Gasteiger partial charge is 0.141 e. The van der Waals surface area contributed by atoms with Crippen LogP contribution in [0.25, 0.3) is 0 Å². The molecule has 0 aliphatic rings. The van der Waals surface area contributed by atoms with E-state index in [1.165, 1.54) is 24.4 Å². The number of hydrogen-bond acceptors (Lipinski definition) is 3. The van der Waals surface area contributed by atoms with E-state index in [0.717, 1.165) is 6.07 Å². The summed E-state index contributed by atoms with van der Waals surface area (Å²) in [6.45, 7) is 0. The van der Waals surface area contributed by atoms with Gasteiger partial charge in [0.2, 0.25) is 0 Å². The fourth-order valence-corrected chi connectivity index (χ4v) is 1.34.